The van der Waals surface area contributed by atoms with Gasteiger partial charge in [-0.15, -0.1) is 0 Å². The third-order valence-electron chi connectivity index (χ3n) is 2.39. The van der Waals surface area contributed by atoms with E-state index in [0.29, 0.717) is 5.92 Å². The van der Waals surface area contributed by atoms with Gasteiger partial charge in [-0.05, 0) is 19.3 Å². The number of nitrogens with zero attached hydrogens (tertiary/aromatic N) is 2. The molecule has 0 fully saturated rings. The molecule has 0 radical (unpaired) electrons. The van der Waals surface area contributed by atoms with Gasteiger partial charge >= 0.3 is 0 Å². The van der Waals surface area contributed by atoms with Crippen LogP contribution in [-0.4, -0.2) is 16.1 Å². The zero-order valence-corrected chi connectivity index (χ0v) is 9.93. The Balaban J connectivity index is 2.79. The molecule has 3 heteroatoms. The zero-order valence-electron chi connectivity index (χ0n) is 9.93. The van der Waals surface area contributed by atoms with Crippen LogP contribution in [0.25, 0.3) is 0 Å². The molecular formula is C13H19N3. The topological polar surface area (TPSA) is 30.3 Å². The lowest BCUT2D eigenvalue weighted by Gasteiger charge is -2.24. The Morgan fingerprint density at radius 1 is 1.56 bits per heavy atom. The largest absolute Gasteiger partial charge is 0.311 e. The predicted molar refractivity (Wildman–Crippen MR) is 68.5 cm³/mol. The van der Waals surface area contributed by atoms with Crippen molar-refractivity contribution in [3.05, 3.63) is 49.2 Å². The monoisotopic (exact) mass is 217 g/mol. The fraction of sp³-hybridized carbons (Fsp3) is 0.308. The van der Waals surface area contributed by atoms with Crippen LogP contribution in [0.5, 0.6) is 0 Å². The standard InChI is InChI=1S/C13H19N3/c1-4-8-16(11-14)13(3)15-9-5-6-12(2)7-10-15/h4-5,7-12,14H,3,6H2,1-2H3/b8-4-,14-11?. The van der Waals surface area contributed by atoms with Gasteiger partial charge in [0.2, 0.25) is 0 Å². The van der Waals surface area contributed by atoms with E-state index in [1.54, 1.807) is 4.90 Å². The van der Waals surface area contributed by atoms with Gasteiger partial charge in [0.25, 0.3) is 0 Å². The van der Waals surface area contributed by atoms with Crippen LogP contribution in [0.4, 0.5) is 0 Å². The summed E-state index contributed by atoms with van der Waals surface area (Å²) < 4.78 is 0. The highest BCUT2D eigenvalue weighted by molar-refractivity contribution is 5.55. The quantitative estimate of drug-likeness (QED) is 0.578. The average Bonchev–Trinajstić information content (AvgIpc) is 2.50. The molecule has 1 N–H and O–H groups in total. The summed E-state index contributed by atoms with van der Waals surface area (Å²) in [7, 11) is 0. The van der Waals surface area contributed by atoms with E-state index in [0.717, 1.165) is 12.2 Å². The van der Waals surface area contributed by atoms with Crippen LogP contribution >= 0.6 is 0 Å². The first-order chi connectivity index (χ1) is 7.69. The van der Waals surface area contributed by atoms with E-state index in [-0.39, 0.29) is 0 Å². The van der Waals surface area contributed by atoms with Crippen LogP contribution in [-0.2, 0) is 0 Å². The third kappa shape index (κ3) is 3.12. The number of rotatable bonds is 4. The smallest absolute Gasteiger partial charge is 0.114 e. The molecule has 0 spiro atoms. The Morgan fingerprint density at radius 2 is 2.31 bits per heavy atom. The van der Waals surface area contributed by atoms with E-state index in [1.165, 1.54) is 6.34 Å². The molecule has 0 amide bonds. The summed E-state index contributed by atoms with van der Waals surface area (Å²) in [6.45, 7) is 8.07. The molecule has 1 rings (SSSR count). The van der Waals surface area contributed by atoms with Crippen LogP contribution < -0.4 is 0 Å². The molecule has 0 aliphatic carbocycles. The molecule has 0 bridgehead atoms. The van der Waals surface area contributed by atoms with Crippen LogP contribution in [0.15, 0.2) is 49.2 Å². The summed E-state index contributed by atoms with van der Waals surface area (Å²) in [5.41, 5.74) is 0. The summed E-state index contributed by atoms with van der Waals surface area (Å²) in [6.07, 6.45) is 14.2. The maximum atomic E-state index is 7.32. The molecular weight excluding hydrogens is 198 g/mol. The number of allylic oxidation sites excluding steroid dienone is 3. The molecule has 86 valence electrons. The number of nitrogens with one attached hydrogen (secondary N) is 1. The second-order valence-electron chi connectivity index (χ2n) is 3.78. The first kappa shape index (κ1) is 12.3. The van der Waals surface area contributed by atoms with E-state index in [2.05, 4.69) is 25.7 Å². The maximum absolute atomic E-state index is 7.32. The van der Waals surface area contributed by atoms with Crippen molar-refractivity contribution in [2.75, 3.05) is 0 Å². The Bertz CT molecular complexity index is 339. The van der Waals surface area contributed by atoms with Gasteiger partial charge < -0.3 is 4.90 Å². The van der Waals surface area contributed by atoms with E-state index < -0.39 is 0 Å². The van der Waals surface area contributed by atoms with Crippen molar-refractivity contribution >= 4 is 6.34 Å². The van der Waals surface area contributed by atoms with Gasteiger partial charge in [-0.1, -0.05) is 31.7 Å². The SMILES string of the molecule is C=C(N1C=CCC(C)C=C1)N(C=N)/C=C\C. The van der Waals surface area contributed by atoms with Gasteiger partial charge in [-0.25, -0.2) is 0 Å². The van der Waals surface area contributed by atoms with Crippen molar-refractivity contribution in [3.63, 3.8) is 0 Å². The average molecular weight is 217 g/mol. The Kier molecular flexibility index (Phi) is 4.58. The summed E-state index contributed by atoms with van der Waals surface area (Å²) in [5, 5.41) is 7.32. The molecule has 0 saturated heterocycles. The van der Waals surface area contributed by atoms with Crippen LogP contribution in [0.3, 0.4) is 0 Å². The lowest BCUT2D eigenvalue weighted by molar-refractivity contribution is 0.487. The van der Waals surface area contributed by atoms with Crippen molar-refractivity contribution in [3.8, 4) is 0 Å². The molecule has 1 unspecified atom stereocenters. The molecule has 16 heavy (non-hydrogen) atoms. The van der Waals surface area contributed by atoms with Crippen LogP contribution in [0, 0.1) is 11.3 Å². The summed E-state index contributed by atoms with van der Waals surface area (Å²) in [6, 6.07) is 0. The second kappa shape index (κ2) is 5.95. The van der Waals surface area contributed by atoms with Gasteiger partial charge in [0.15, 0.2) is 0 Å². The fourth-order valence-electron chi connectivity index (χ4n) is 1.43. The first-order valence-electron chi connectivity index (χ1n) is 5.43. The molecule has 1 atom stereocenters. The minimum Gasteiger partial charge on any atom is -0.311 e. The first-order valence-corrected chi connectivity index (χ1v) is 5.43. The minimum absolute atomic E-state index is 0.546. The van der Waals surface area contributed by atoms with E-state index in [4.69, 9.17) is 5.41 Å². The minimum atomic E-state index is 0.546. The molecule has 1 aliphatic heterocycles. The molecule has 0 aromatic rings. The Hall–Kier alpha value is -1.77. The van der Waals surface area contributed by atoms with Crippen molar-refractivity contribution in [2.45, 2.75) is 20.3 Å². The van der Waals surface area contributed by atoms with E-state index >= 15 is 0 Å². The van der Waals surface area contributed by atoms with Gasteiger partial charge in [0.05, 0.1) is 6.34 Å². The van der Waals surface area contributed by atoms with Crippen molar-refractivity contribution in [2.24, 2.45) is 5.92 Å². The van der Waals surface area contributed by atoms with E-state index in [1.807, 2.05) is 36.5 Å². The highest BCUT2D eigenvalue weighted by atomic mass is 15.3. The van der Waals surface area contributed by atoms with Gasteiger partial charge in [-0.3, -0.25) is 10.3 Å². The molecule has 0 aromatic carbocycles. The maximum Gasteiger partial charge on any atom is 0.114 e. The second-order valence-corrected chi connectivity index (χ2v) is 3.78. The highest BCUT2D eigenvalue weighted by Crippen LogP contribution is 2.16. The molecule has 0 saturated carbocycles. The summed E-state index contributed by atoms with van der Waals surface area (Å²) in [4.78, 5) is 3.60. The molecule has 1 aliphatic rings. The number of hydrogen-bond donors (Lipinski definition) is 1. The van der Waals surface area contributed by atoms with Crippen LogP contribution in [0.2, 0.25) is 0 Å². The molecule has 0 aromatic heterocycles. The highest BCUT2D eigenvalue weighted by Gasteiger charge is 2.08. The normalized spacial score (nSPS) is 19.9. The molecule has 1 heterocycles. The van der Waals surface area contributed by atoms with Crippen molar-refractivity contribution < 1.29 is 0 Å². The number of hydrogen-bond acceptors (Lipinski definition) is 2. The summed E-state index contributed by atoms with van der Waals surface area (Å²) >= 11 is 0. The third-order valence-corrected chi connectivity index (χ3v) is 2.39. The fourth-order valence-corrected chi connectivity index (χ4v) is 1.43. The lowest BCUT2D eigenvalue weighted by Crippen LogP contribution is -2.23. The van der Waals surface area contributed by atoms with Crippen molar-refractivity contribution in [1.29, 1.82) is 5.41 Å². The van der Waals surface area contributed by atoms with Gasteiger partial charge in [-0.2, -0.15) is 0 Å². The Morgan fingerprint density at radius 3 is 2.94 bits per heavy atom. The lowest BCUT2D eigenvalue weighted by atomic mass is 10.1. The predicted octanol–water partition coefficient (Wildman–Crippen LogP) is 3.27. The molecule has 3 nitrogen and oxygen atoms in total. The summed E-state index contributed by atoms with van der Waals surface area (Å²) in [5.74, 6) is 1.29. The van der Waals surface area contributed by atoms with E-state index in [9.17, 15) is 0 Å². The van der Waals surface area contributed by atoms with Gasteiger partial charge in [0.1, 0.15) is 5.82 Å². The van der Waals surface area contributed by atoms with Gasteiger partial charge in [0, 0.05) is 18.6 Å². The Labute approximate surface area is 97.6 Å². The van der Waals surface area contributed by atoms with Crippen LogP contribution in [0.1, 0.15) is 20.3 Å². The zero-order chi connectivity index (χ0) is 12.0. The van der Waals surface area contributed by atoms with Crippen molar-refractivity contribution in [1.82, 2.24) is 9.80 Å².